The Balaban J connectivity index is 2.16. The summed E-state index contributed by atoms with van der Waals surface area (Å²) in [5.41, 5.74) is 1.47. The first-order valence-electron chi connectivity index (χ1n) is 9.30. The first-order valence-corrected chi connectivity index (χ1v) is 9.30. The molecule has 2 aromatic rings. The number of rotatable bonds is 9. The zero-order chi connectivity index (χ0) is 18.4. The molecule has 138 valence electrons. The van der Waals surface area contributed by atoms with Crippen LogP contribution in [-0.2, 0) is 6.54 Å². The largest absolute Gasteiger partial charge is 0.386 e. The van der Waals surface area contributed by atoms with Crippen molar-refractivity contribution in [3.8, 4) is 0 Å². The van der Waals surface area contributed by atoms with Crippen LogP contribution in [0.2, 0.25) is 0 Å². The molecule has 0 aliphatic rings. The molecule has 2 rings (SSSR count). The molecular weight excluding hydrogens is 315 g/mol. The maximum atomic E-state index is 13.9. The van der Waals surface area contributed by atoms with Crippen molar-refractivity contribution in [3.63, 3.8) is 0 Å². The average molecular weight is 346 g/mol. The molecule has 3 unspecified atom stereocenters. The minimum Gasteiger partial charge on any atom is -0.386 e. The van der Waals surface area contributed by atoms with Crippen LogP contribution in [0.4, 0.5) is 4.39 Å². The number of hydrogen-bond donors (Lipinski definition) is 1. The van der Waals surface area contributed by atoms with Gasteiger partial charge < -0.3 is 9.67 Å². The van der Waals surface area contributed by atoms with Crippen LogP contribution in [0.15, 0.2) is 42.6 Å². The van der Waals surface area contributed by atoms with Crippen LogP contribution in [0, 0.1) is 5.82 Å². The summed E-state index contributed by atoms with van der Waals surface area (Å²) in [5.74, 6) is -0.211. The molecule has 1 aromatic heterocycles. The van der Waals surface area contributed by atoms with Gasteiger partial charge >= 0.3 is 0 Å². The van der Waals surface area contributed by atoms with Crippen molar-refractivity contribution in [3.05, 3.63) is 59.7 Å². The van der Waals surface area contributed by atoms with E-state index in [4.69, 9.17) is 0 Å². The van der Waals surface area contributed by atoms with Gasteiger partial charge in [0.2, 0.25) is 0 Å². The molecular formula is C21H31FN2O. The summed E-state index contributed by atoms with van der Waals surface area (Å²) in [6, 6.07) is 11.5. The van der Waals surface area contributed by atoms with Crippen LogP contribution in [0.1, 0.15) is 57.9 Å². The average Bonchev–Trinajstić information content (AvgIpc) is 3.08. The third kappa shape index (κ3) is 4.93. The van der Waals surface area contributed by atoms with Crippen molar-refractivity contribution in [2.24, 2.45) is 0 Å². The lowest BCUT2D eigenvalue weighted by atomic mass is 10.1. The maximum Gasteiger partial charge on any atom is 0.128 e. The van der Waals surface area contributed by atoms with Crippen molar-refractivity contribution in [1.29, 1.82) is 0 Å². The minimum absolute atomic E-state index is 0.211. The van der Waals surface area contributed by atoms with Gasteiger partial charge in [-0.15, -0.1) is 0 Å². The van der Waals surface area contributed by atoms with Crippen LogP contribution in [-0.4, -0.2) is 33.2 Å². The van der Waals surface area contributed by atoms with E-state index in [-0.39, 0.29) is 5.82 Å². The fourth-order valence-electron chi connectivity index (χ4n) is 3.24. The summed E-state index contributed by atoms with van der Waals surface area (Å²) in [6.07, 6.45) is 3.41. The summed E-state index contributed by atoms with van der Waals surface area (Å²) < 4.78 is 15.9. The van der Waals surface area contributed by atoms with Gasteiger partial charge in [0.15, 0.2) is 0 Å². The summed E-state index contributed by atoms with van der Waals surface area (Å²) in [4.78, 5) is 2.37. The van der Waals surface area contributed by atoms with E-state index >= 15 is 0 Å². The van der Waals surface area contributed by atoms with E-state index in [2.05, 4.69) is 32.6 Å². The number of halogens is 1. The molecule has 0 bridgehead atoms. The van der Waals surface area contributed by atoms with Crippen LogP contribution in [0.3, 0.4) is 0 Å². The Morgan fingerprint density at radius 1 is 1.04 bits per heavy atom. The predicted molar refractivity (Wildman–Crippen MR) is 101 cm³/mol. The van der Waals surface area contributed by atoms with Gasteiger partial charge in [-0.05, 0) is 44.9 Å². The van der Waals surface area contributed by atoms with Gasteiger partial charge in [-0.1, -0.05) is 32.0 Å². The number of aliphatic hydroxyl groups excluding tert-OH is 1. The lowest BCUT2D eigenvalue weighted by Crippen LogP contribution is -2.42. The zero-order valence-corrected chi connectivity index (χ0v) is 15.8. The topological polar surface area (TPSA) is 28.4 Å². The van der Waals surface area contributed by atoms with Crippen LogP contribution >= 0.6 is 0 Å². The molecule has 1 heterocycles. The molecule has 3 atom stereocenters. The molecule has 1 aromatic carbocycles. The highest BCUT2D eigenvalue weighted by Gasteiger charge is 2.23. The van der Waals surface area contributed by atoms with Crippen molar-refractivity contribution in [1.82, 2.24) is 9.47 Å². The Morgan fingerprint density at radius 2 is 1.68 bits per heavy atom. The molecule has 0 saturated carbocycles. The standard InChI is InChI=1S/C21H31FN2O/c1-5-16(3)24(17(4)6-2)15-21(25)20-12-9-13-23(20)14-18-10-7-8-11-19(18)22/h7-13,16-17,21,25H,5-6,14-15H2,1-4H3. The fourth-order valence-corrected chi connectivity index (χ4v) is 3.24. The van der Waals surface area contributed by atoms with E-state index in [9.17, 15) is 9.50 Å². The molecule has 0 fully saturated rings. The highest BCUT2D eigenvalue weighted by atomic mass is 19.1. The van der Waals surface area contributed by atoms with Crippen LogP contribution < -0.4 is 0 Å². The first kappa shape index (κ1) is 19.7. The van der Waals surface area contributed by atoms with Gasteiger partial charge in [-0.3, -0.25) is 4.90 Å². The van der Waals surface area contributed by atoms with E-state index in [0.717, 1.165) is 18.5 Å². The van der Waals surface area contributed by atoms with Gasteiger partial charge in [0, 0.05) is 36.1 Å². The third-order valence-electron chi connectivity index (χ3n) is 5.20. The van der Waals surface area contributed by atoms with Crippen LogP contribution in [0.25, 0.3) is 0 Å². The van der Waals surface area contributed by atoms with Gasteiger partial charge in [0.05, 0.1) is 6.54 Å². The molecule has 0 aliphatic heterocycles. The molecule has 1 N–H and O–H groups in total. The molecule has 3 nitrogen and oxygen atoms in total. The maximum absolute atomic E-state index is 13.9. The van der Waals surface area contributed by atoms with E-state index in [0.29, 0.717) is 30.7 Å². The van der Waals surface area contributed by atoms with Crippen molar-refractivity contribution in [2.75, 3.05) is 6.54 Å². The zero-order valence-electron chi connectivity index (χ0n) is 15.8. The molecule has 0 saturated heterocycles. The normalized spacial score (nSPS) is 15.3. The van der Waals surface area contributed by atoms with E-state index in [1.54, 1.807) is 12.1 Å². The second-order valence-corrected chi connectivity index (χ2v) is 6.88. The molecule has 0 radical (unpaired) electrons. The van der Waals surface area contributed by atoms with Gasteiger partial charge in [0.1, 0.15) is 11.9 Å². The minimum atomic E-state index is -0.593. The van der Waals surface area contributed by atoms with Crippen molar-refractivity contribution in [2.45, 2.75) is 65.3 Å². The molecule has 0 amide bonds. The highest BCUT2D eigenvalue weighted by Crippen LogP contribution is 2.21. The Hall–Kier alpha value is -1.65. The summed E-state index contributed by atoms with van der Waals surface area (Å²) >= 11 is 0. The molecule has 4 heteroatoms. The van der Waals surface area contributed by atoms with Crippen molar-refractivity contribution >= 4 is 0 Å². The Kier molecular flexibility index (Phi) is 7.21. The summed E-state index contributed by atoms with van der Waals surface area (Å²) in [6.45, 7) is 9.78. The number of hydrogen-bond acceptors (Lipinski definition) is 2. The second-order valence-electron chi connectivity index (χ2n) is 6.88. The van der Waals surface area contributed by atoms with Crippen LogP contribution in [0.5, 0.6) is 0 Å². The monoisotopic (exact) mass is 346 g/mol. The van der Waals surface area contributed by atoms with Gasteiger partial charge in [-0.25, -0.2) is 4.39 Å². The Bertz CT molecular complexity index is 645. The van der Waals surface area contributed by atoms with E-state index < -0.39 is 6.10 Å². The predicted octanol–water partition coefficient (Wildman–Crippen LogP) is 4.61. The van der Waals surface area contributed by atoms with Gasteiger partial charge in [-0.2, -0.15) is 0 Å². The molecule has 0 spiro atoms. The molecule has 25 heavy (non-hydrogen) atoms. The smallest absolute Gasteiger partial charge is 0.128 e. The summed E-state index contributed by atoms with van der Waals surface area (Å²) in [7, 11) is 0. The number of nitrogens with zero attached hydrogens (tertiary/aromatic N) is 2. The Labute approximate surface area is 151 Å². The SMILES string of the molecule is CCC(C)N(CC(O)c1cccn1Cc1ccccc1F)C(C)CC. The van der Waals surface area contributed by atoms with E-state index in [1.807, 2.05) is 29.0 Å². The number of aliphatic hydroxyl groups is 1. The fraction of sp³-hybridized carbons (Fsp3) is 0.524. The summed E-state index contributed by atoms with van der Waals surface area (Å²) in [5, 5.41) is 10.8. The molecule has 0 aliphatic carbocycles. The lowest BCUT2D eigenvalue weighted by Gasteiger charge is -2.35. The van der Waals surface area contributed by atoms with E-state index in [1.165, 1.54) is 6.07 Å². The number of benzene rings is 1. The number of aromatic nitrogens is 1. The quantitative estimate of drug-likeness (QED) is 0.718. The third-order valence-corrected chi connectivity index (χ3v) is 5.20. The van der Waals surface area contributed by atoms with Gasteiger partial charge in [0.25, 0.3) is 0 Å². The lowest BCUT2D eigenvalue weighted by molar-refractivity contribution is 0.0590. The first-order chi connectivity index (χ1) is 12.0. The second kappa shape index (κ2) is 9.16. The van der Waals surface area contributed by atoms with Crippen molar-refractivity contribution < 1.29 is 9.50 Å². The highest BCUT2D eigenvalue weighted by molar-refractivity contribution is 5.20. The Morgan fingerprint density at radius 3 is 2.28 bits per heavy atom.